The van der Waals surface area contributed by atoms with Gasteiger partial charge >= 0.3 is 0 Å². The summed E-state index contributed by atoms with van der Waals surface area (Å²) in [5.41, 5.74) is 2.00. The number of nitrogens with zero attached hydrogens (tertiary/aromatic N) is 1. The van der Waals surface area contributed by atoms with Crippen molar-refractivity contribution in [3.8, 4) is 11.5 Å². The van der Waals surface area contributed by atoms with E-state index >= 15 is 0 Å². The van der Waals surface area contributed by atoms with E-state index < -0.39 is 0 Å². The minimum absolute atomic E-state index is 0.589. The maximum atomic E-state index is 5.75. The molecule has 114 valence electrons. The van der Waals surface area contributed by atoms with Gasteiger partial charge in [-0.15, -0.1) is 0 Å². The molecule has 0 fully saturated rings. The Labute approximate surface area is 141 Å². The van der Waals surface area contributed by atoms with Crippen molar-refractivity contribution in [1.29, 1.82) is 0 Å². The van der Waals surface area contributed by atoms with Gasteiger partial charge in [0.1, 0.15) is 0 Å². The number of para-hydroxylation sites is 2. The van der Waals surface area contributed by atoms with Gasteiger partial charge in [-0.3, -0.25) is 0 Å². The molecule has 0 unspecified atom stereocenters. The number of ether oxygens (including phenoxy) is 2. The van der Waals surface area contributed by atoms with Crippen molar-refractivity contribution in [2.45, 2.75) is 5.16 Å². The number of imidazole rings is 1. The third-order valence-electron chi connectivity index (χ3n) is 3.07. The van der Waals surface area contributed by atoms with Gasteiger partial charge in [0.15, 0.2) is 16.7 Å². The fourth-order valence-electron chi connectivity index (χ4n) is 2.05. The molecule has 2 aromatic carbocycles. The molecule has 0 bridgehead atoms. The summed E-state index contributed by atoms with van der Waals surface area (Å²) in [7, 11) is 1.64. The van der Waals surface area contributed by atoms with Crippen LogP contribution in [0.1, 0.15) is 0 Å². The van der Waals surface area contributed by atoms with Crippen LogP contribution in [0, 0.1) is 0 Å². The Kier molecular flexibility index (Phi) is 4.90. The molecule has 0 aliphatic rings. The second-order valence-corrected chi connectivity index (χ2v) is 6.55. The number of benzene rings is 2. The van der Waals surface area contributed by atoms with Gasteiger partial charge in [0.25, 0.3) is 0 Å². The molecule has 4 nitrogen and oxygen atoms in total. The molecule has 0 spiro atoms. The maximum absolute atomic E-state index is 5.75. The lowest BCUT2D eigenvalue weighted by Crippen LogP contribution is -2.01. The number of rotatable bonds is 6. The number of aromatic amines is 1. The second kappa shape index (κ2) is 7.07. The maximum Gasteiger partial charge on any atom is 0.166 e. The fraction of sp³-hybridized carbons (Fsp3) is 0.188. The van der Waals surface area contributed by atoms with E-state index in [1.165, 1.54) is 0 Å². The summed E-state index contributed by atoms with van der Waals surface area (Å²) in [6, 6.07) is 13.7. The highest BCUT2D eigenvalue weighted by Crippen LogP contribution is 2.26. The van der Waals surface area contributed by atoms with Crippen LogP contribution in [-0.4, -0.2) is 29.4 Å². The van der Waals surface area contributed by atoms with Crippen molar-refractivity contribution in [3.63, 3.8) is 0 Å². The molecule has 1 heterocycles. The molecule has 1 aromatic heterocycles. The van der Waals surface area contributed by atoms with Crippen LogP contribution in [0.25, 0.3) is 11.0 Å². The van der Waals surface area contributed by atoms with Gasteiger partial charge in [0.2, 0.25) is 0 Å². The van der Waals surface area contributed by atoms with Gasteiger partial charge in [-0.25, -0.2) is 4.98 Å². The smallest absolute Gasteiger partial charge is 0.166 e. The van der Waals surface area contributed by atoms with E-state index in [-0.39, 0.29) is 0 Å². The summed E-state index contributed by atoms with van der Waals surface area (Å²) in [6.45, 7) is 0.589. The van der Waals surface area contributed by atoms with Crippen LogP contribution in [0.5, 0.6) is 11.5 Å². The highest BCUT2D eigenvalue weighted by atomic mass is 79.9. The quantitative estimate of drug-likeness (QED) is 0.506. The monoisotopic (exact) mass is 378 g/mol. The average Bonchev–Trinajstić information content (AvgIpc) is 2.93. The molecule has 6 heteroatoms. The number of aromatic nitrogens is 2. The first kappa shape index (κ1) is 15.2. The molecule has 0 aliphatic carbocycles. The molecule has 0 amide bonds. The van der Waals surface area contributed by atoms with E-state index in [9.17, 15) is 0 Å². The Morgan fingerprint density at radius 1 is 1.18 bits per heavy atom. The SMILES string of the molecule is COc1ccccc1OCCSc1nc2ccc(Br)cc2[nH]1. The lowest BCUT2D eigenvalue weighted by Gasteiger charge is -2.09. The molecule has 0 atom stereocenters. The molecule has 0 aliphatic heterocycles. The van der Waals surface area contributed by atoms with Crippen molar-refractivity contribution in [2.24, 2.45) is 0 Å². The summed E-state index contributed by atoms with van der Waals surface area (Å²) in [5.74, 6) is 2.32. The number of methoxy groups -OCH3 is 1. The van der Waals surface area contributed by atoms with E-state index in [2.05, 4.69) is 25.9 Å². The Morgan fingerprint density at radius 3 is 2.82 bits per heavy atom. The normalized spacial score (nSPS) is 10.8. The minimum Gasteiger partial charge on any atom is -0.493 e. The summed E-state index contributed by atoms with van der Waals surface area (Å²) in [6.07, 6.45) is 0. The highest BCUT2D eigenvalue weighted by molar-refractivity contribution is 9.10. The number of thioether (sulfide) groups is 1. The largest absolute Gasteiger partial charge is 0.493 e. The first-order valence-electron chi connectivity index (χ1n) is 6.80. The third-order valence-corrected chi connectivity index (χ3v) is 4.40. The van der Waals surface area contributed by atoms with Gasteiger partial charge in [0.05, 0.1) is 24.8 Å². The van der Waals surface area contributed by atoms with Crippen molar-refractivity contribution in [1.82, 2.24) is 9.97 Å². The molecule has 3 aromatic rings. The van der Waals surface area contributed by atoms with Crippen molar-refractivity contribution < 1.29 is 9.47 Å². The van der Waals surface area contributed by atoms with E-state index in [0.29, 0.717) is 6.61 Å². The molecular weight excluding hydrogens is 364 g/mol. The number of H-pyrrole nitrogens is 1. The van der Waals surface area contributed by atoms with Crippen molar-refractivity contribution in [2.75, 3.05) is 19.5 Å². The summed E-state index contributed by atoms with van der Waals surface area (Å²) < 4.78 is 12.0. The van der Waals surface area contributed by atoms with Gasteiger partial charge in [-0.05, 0) is 30.3 Å². The fourth-order valence-corrected chi connectivity index (χ4v) is 3.12. The van der Waals surface area contributed by atoms with Gasteiger partial charge in [0, 0.05) is 10.2 Å². The topological polar surface area (TPSA) is 47.1 Å². The number of hydrogen-bond acceptors (Lipinski definition) is 4. The van der Waals surface area contributed by atoms with Gasteiger partial charge < -0.3 is 14.5 Å². The van der Waals surface area contributed by atoms with Crippen LogP contribution >= 0.6 is 27.7 Å². The molecule has 3 rings (SSSR count). The molecule has 0 radical (unpaired) electrons. The average molecular weight is 379 g/mol. The van der Waals surface area contributed by atoms with Gasteiger partial charge in [-0.1, -0.05) is 39.8 Å². The van der Waals surface area contributed by atoms with Crippen molar-refractivity contribution in [3.05, 3.63) is 46.9 Å². The lowest BCUT2D eigenvalue weighted by molar-refractivity contribution is 0.313. The molecular formula is C16H15BrN2O2S. The zero-order chi connectivity index (χ0) is 15.4. The molecule has 22 heavy (non-hydrogen) atoms. The first-order valence-corrected chi connectivity index (χ1v) is 8.58. The Bertz CT molecular complexity index is 776. The molecule has 0 saturated carbocycles. The summed E-state index contributed by atoms with van der Waals surface area (Å²) in [4.78, 5) is 7.84. The van der Waals surface area contributed by atoms with Crippen LogP contribution in [0.4, 0.5) is 0 Å². The van der Waals surface area contributed by atoms with E-state index in [0.717, 1.165) is 37.9 Å². The predicted molar refractivity (Wildman–Crippen MR) is 93.0 cm³/mol. The molecule has 0 saturated heterocycles. The summed E-state index contributed by atoms with van der Waals surface area (Å²) >= 11 is 5.10. The van der Waals surface area contributed by atoms with Crippen LogP contribution in [0.2, 0.25) is 0 Å². The lowest BCUT2D eigenvalue weighted by atomic mass is 10.3. The standard InChI is InChI=1S/C16H15BrN2O2S/c1-20-14-4-2-3-5-15(14)21-8-9-22-16-18-12-7-6-11(17)10-13(12)19-16/h2-7,10H,8-9H2,1H3,(H,18,19). The van der Waals surface area contributed by atoms with Crippen LogP contribution in [-0.2, 0) is 0 Å². The number of nitrogens with one attached hydrogen (secondary N) is 1. The van der Waals surface area contributed by atoms with Crippen LogP contribution in [0.3, 0.4) is 0 Å². The van der Waals surface area contributed by atoms with Gasteiger partial charge in [-0.2, -0.15) is 0 Å². The predicted octanol–water partition coefficient (Wildman–Crippen LogP) is 4.51. The van der Waals surface area contributed by atoms with E-state index in [4.69, 9.17) is 9.47 Å². The Hall–Kier alpha value is -1.66. The summed E-state index contributed by atoms with van der Waals surface area (Å²) in [5, 5.41) is 0.900. The zero-order valence-electron chi connectivity index (χ0n) is 12.0. The number of halogens is 1. The highest BCUT2D eigenvalue weighted by Gasteiger charge is 2.05. The Balaban J connectivity index is 1.56. The number of fused-ring (bicyclic) bond motifs is 1. The van der Waals surface area contributed by atoms with Crippen molar-refractivity contribution >= 4 is 38.7 Å². The Morgan fingerprint density at radius 2 is 2.00 bits per heavy atom. The van der Waals surface area contributed by atoms with E-state index in [1.807, 2.05) is 42.5 Å². The minimum atomic E-state index is 0.589. The van der Waals surface area contributed by atoms with E-state index in [1.54, 1.807) is 18.9 Å². The second-order valence-electron chi connectivity index (χ2n) is 4.55. The van der Waals surface area contributed by atoms with Crippen LogP contribution in [0.15, 0.2) is 52.1 Å². The third kappa shape index (κ3) is 3.56. The number of hydrogen-bond donors (Lipinski definition) is 1. The molecule has 1 N–H and O–H groups in total. The first-order chi connectivity index (χ1) is 10.8. The zero-order valence-corrected chi connectivity index (χ0v) is 14.4. The van der Waals surface area contributed by atoms with Crippen LogP contribution < -0.4 is 9.47 Å².